The number of furan rings is 1. The molecule has 0 saturated heterocycles. The predicted molar refractivity (Wildman–Crippen MR) is 64.0 cm³/mol. The summed E-state index contributed by atoms with van der Waals surface area (Å²) in [4.78, 5) is 0. The minimum absolute atomic E-state index is 0.0251. The summed E-state index contributed by atoms with van der Waals surface area (Å²) in [6, 6.07) is 3.64. The number of hydrogen-bond acceptors (Lipinski definition) is 4. The van der Waals surface area contributed by atoms with Gasteiger partial charge in [-0.2, -0.15) is 0 Å². The van der Waals surface area contributed by atoms with Crippen molar-refractivity contribution in [1.82, 2.24) is 5.32 Å². The highest BCUT2D eigenvalue weighted by atomic mass is 32.2. The topological polar surface area (TPSA) is 59.3 Å². The number of nitrogens with one attached hydrogen (secondary N) is 1. The van der Waals surface area contributed by atoms with Crippen LogP contribution in [0.2, 0.25) is 0 Å². The van der Waals surface area contributed by atoms with E-state index in [1.807, 2.05) is 26.0 Å². The van der Waals surface area contributed by atoms with Crippen LogP contribution in [0.5, 0.6) is 0 Å². The van der Waals surface area contributed by atoms with Gasteiger partial charge in [-0.1, -0.05) is 6.92 Å². The van der Waals surface area contributed by atoms with Gasteiger partial charge in [0.05, 0.1) is 18.1 Å². The Labute approximate surface area is 97.0 Å². The van der Waals surface area contributed by atoms with E-state index in [9.17, 15) is 8.42 Å². The minimum atomic E-state index is -2.93. The lowest BCUT2D eigenvalue weighted by Gasteiger charge is -2.18. The Hall–Kier alpha value is -0.810. The normalized spacial score (nSPS) is 15.9. The molecule has 1 aromatic rings. The summed E-state index contributed by atoms with van der Waals surface area (Å²) in [6.07, 6.45) is 1.61. The lowest BCUT2D eigenvalue weighted by atomic mass is 10.2. The van der Waals surface area contributed by atoms with Crippen molar-refractivity contribution in [3.05, 3.63) is 24.2 Å². The number of hydrogen-bond donors (Lipinski definition) is 1. The van der Waals surface area contributed by atoms with Crippen molar-refractivity contribution >= 4 is 9.84 Å². The van der Waals surface area contributed by atoms with Gasteiger partial charge in [0.25, 0.3) is 0 Å². The summed E-state index contributed by atoms with van der Waals surface area (Å²) in [5, 5.41) is 3.20. The molecule has 0 aliphatic heterocycles. The lowest BCUT2D eigenvalue weighted by molar-refractivity contribution is 0.408. The van der Waals surface area contributed by atoms with Crippen molar-refractivity contribution in [3.8, 4) is 0 Å². The first-order valence-corrected chi connectivity index (χ1v) is 7.26. The summed E-state index contributed by atoms with van der Waals surface area (Å²) in [6.45, 7) is 5.48. The maximum atomic E-state index is 11.4. The zero-order chi connectivity index (χ0) is 12.2. The second-order valence-electron chi connectivity index (χ2n) is 4.00. The van der Waals surface area contributed by atoms with E-state index >= 15 is 0 Å². The number of sulfone groups is 1. The zero-order valence-corrected chi connectivity index (χ0v) is 10.8. The minimum Gasteiger partial charge on any atom is -0.468 e. The third-order valence-electron chi connectivity index (χ3n) is 2.45. The Morgan fingerprint density at radius 3 is 2.62 bits per heavy atom. The van der Waals surface area contributed by atoms with Crippen LogP contribution < -0.4 is 5.32 Å². The number of rotatable bonds is 6. The van der Waals surface area contributed by atoms with Gasteiger partial charge in [-0.25, -0.2) is 8.42 Å². The van der Waals surface area contributed by atoms with Crippen LogP contribution in [0.15, 0.2) is 22.8 Å². The molecule has 0 fully saturated rings. The van der Waals surface area contributed by atoms with Crippen molar-refractivity contribution in [2.75, 3.05) is 11.5 Å². The largest absolute Gasteiger partial charge is 0.468 e. The molecule has 1 aromatic heterocycles. The molecule has 1 N–H and O–H groups in total. The van der Waals surface area contributed by atoms with Gasteiger partial charge >= 0.3 is 0 Å². The Bertz CT molecular complexity index is 397. The van der Waals surface area contributed by atoms with Crippen LogP contribution in [0.3, 0.4) is 0 Å². The van der Waals surface area contributed by atoms with Crippen molar-refractivity contribution in [3.63, 3.8) is 0 Å². The van der Waals surface area contributed by atoms with Gasteiger partial charge in [0.1, 0.15) is 5.76 Å². The third-order valence-corrected chi connectivity index (χ3v) is 4.34. The maximum absolute atomic E-state index is 11.4. The molecule has 1 rings (SSSR count). The Morgan fingerprint density at radius 1 is 1.44 bits per heavy atom. The van der Waals surface area contributed by atoms with Crippen molar-refractivity contribution in [1.29, 1.82) is 0 Å². The van der Waals surface area contributed by atoms with E-state index in [2.05, 4.69) is 5.32 Å². The molecule has 0 spiro atoms. The van der Waals surface area contributed by atoms with E-state index in [-0.39, 0.29) is 23.6 Å². The second-order valence-corrected chi connectivity index (χ2v) is 6.40. The molecule has 5 heteroatoms. The fourth-order valence-electron chi connectivity index (χ4n) is 1.59. The molecule has 0 aliphatic rings. The average Bonchev–Trinajstić information content (AvgIpc) is 2.69. The monoisotopic (exact) mass is 245 g/mol. The molecule has 92 valence electrons. The first-order valence-electron chi connectivity index (χ1n) is 5.44. The van der Waals surface area contributed by atoms with E-state index in [0.717, 1.165) is 5.76 Å². The predicted octanol–water partition coefficient (Wildman–Crippen LogP) is 1.75. The summed E-state index contributed by atoms with van der Waals surface area (Å²) >= 11 is 0. The van der Waals surface area contributed by atoms with Gasteiger partial charge in [-0.15, -0.1) is 0 Å². The molecule has 1 heterocycles. The molecule has 4 nitrogen and oxygen atoms in total. The third kappa shape index (κ3) is 3.98. The van der Waals surface area contributed by atoms with Crippen molar-refractivity contribution < 1.29 is 12.8 Å². The van der Waals surface area contributed by atoms with E-state index in [0.29, 0.717) is 0 Å². The maximum Gasteiger partial charge on any atom is 0.151 e. The molecule has 0 unspecified atom stereocenters. The molecular formula is C11H19NO3S. The van der Waals surface area contributed by atoms with Crippen LogP contribution >= 0.6 is 0 Å². The van der Waals surface area contributed by atoms with Crippen LogP contribution in [0, 0.1) is 0 Å². The van der Waals surface area contributed by atoms with Crippen LogP contribution in [0.1, 0.15) is 32.6 Å². The van der Waals surface area contributed by atoms with Crippen molar-refractivity contribution in [2.45, 2.75) is 32.9 Å². The summed E-state index contributed by atoms with van der Waals surface area (Å²) in [7, 11) is -2.93. The molecule has 0 saturated carbocycles. The summed E-state index contributed by atoms with van der Waals surface area (Å²) < 4.78 is 28.1. The Kier molecular flexibility index (Phi) is 4.56. The van der Waals surface area contributed by atoms with Crippen LogP contribution in [-0.4, -0.2) is 26.0 Å². The second kappa shape index (κ2) is 5.50. The summed E-state index contributed by atoms with van der Waals surface area (Å²) in [5.74, 6) is 1.17. The van der Waals surface area contributed by atoms with Crippen LogP contribution in [0.4, 0.5) is 0 Å². The SMILES string of the molecule is CCS(=O)(=O)C[C@@H](C)N[C@@H](C)c1ccco1. The van der Waals surface area contributed by atoms with Gasteiger partial charge in [-0.05, 0) is 26.0 Å². The van der Waals surface area contributed by atoms with E-state index < -0.39 is 9.84 Å². The molecule has 0 amide bonds. The van der Waals surface area contributed by atoms with Gasteiger partial charge in [0.2, 0.25) is 0 Å². The lowest BCUT2D eigenvalue weighted by Crippen LogP contribution is -2.35. The van der Waals surface area contributed by atoms with Gasteiger partial charge in [-0.3, -0.25) is 0 Å². The average molecular weight is 245 g/mol. The highest BCUT2D eigenvalue weighted by Gasteiger charge is 2.17. The van der Waals surface area contributed by atoms with E-state index in [1.165, 1.54) is 0 Å². The molecule has 0 bridgehead atoms. The van der Waals surface area contributed by atoms with E-state index in [1.54, 1.807) is 13.2 Å². The highest BCUT2D eigenvalue weighted by Crippen LogP contribution is 2.13. The fraction of sp³-hybridized carbons (Fsp3) is 0.636. The standard InChI is InChI=1S/C11H19NO3S/c1-4-16(13,14)8-9(2)12-10(3)11-6-5-7-15-11/h5-7,9-10,12H,4,8H2,1-3H3/t9-,10+/m1/s1. The Morgan fingerprint density at radius 2 is 2.12 bits per heavy atom. The first-order chi connectivity index (χ1) is 7.44. The highest BCUT2D eigenvalue weighted by molar-refractivity contribution is 7.91. The van der Waals surface area contributed by atoms with Crippen LogP contribution in [0.25, 0.3) is 0 Å². The Balaban J connectivity index is 2.49. The fourth-order valence-corrected chi connectivity index (χ4v) is 2.69. The van der Waals surface area contributed by atoms with Gasteiger partial charge < -0.3 is 9.73 Å². The molecule has 0 aromatic carbocycles. The molecule has 0 aliphatic carbocycles. The molecule has 0 radical (unpaired) electrons. The molecular weight excluding hydrogens is 226 g/mol. The quantitative estimate of drug-likeness (QED) is 0.829. The first kappa shape index (κ1) is 13.3. The van der Waals surface area contributed by atoms with E-state index in [4.69, 9.17) is 4.42 Å². The summed E-state index contributed by atoms with van der Waals surface area (Å²) in [5.41, 5.74) is 0. The van der Waals surface area contributed by atoms with Crippen LogP contribution in [-0.2, 0) is 9.84 Å². The zero-order valence-electron chi connectivity index (χ0n) is 9.93. The molecule has 16 heavy (non-hydrogen) atoms. The van der Waals surface area contributed by atoms with Gasteiger partial charge in [0.15, 0.2) is 9.84 Å². The van der Waals surface area contributed by atoms with Gasteiger partial charge in [0, 0.05) is 11.8 Å². The molecule has 2 atom stereocenters. The smallest absolute Gasteiger partial charge is 0.151 e. The van der Waals surface area contributed by atoms with Crippen molar-refractivity contribution in [2.24, 2.45) is 0 Å².